The van der Waals surface area contributed by atoms with E-state index in [2.05, 4.69) is 130 Å². The summed E-state index contributed by atoms with van der Waals surface area (Å²) in [7, 11) is 0. The summed E-state index contributed by atoms with van der Waals surface area (Å²) in [6.07, 6.45) is 92.3. The van der Waals surface area contributed by atoms with Crippen molar-refractivity contribution < 1.29 is 28.6 Å². The van der Waals surface area contributed by atoms with Crippen molar-refractivity contribution in [2.45, 2.75) is 329 Å². The fraction of sp³-hybridized carbons (Fsp3) is 0.716. The van der Waals surface area contributed by atoms with Crippen molar-refractivity contribution in [2.75, 3.05) is 13.2 Å². The molecule has 0 bridgehead atoms. The zero-order valence-electron chi connectivity index (χ0n) is 52.6. The minimum atomic E-state index is -0.788. The molecular formula is C74H126O6. The van der Waals surface area contributed by atoms with Gasteiger partial charge in [0, 0.05) is 19.3 Å². The highest BCUT2D eigenvalue weighted by Gasteiger charge is 2.19. The number of allylic oxidation sites excluding steroid dienone is 18. The highest BCUT2D eigenvalue weighted by atomic mass is 16.6. The molecule has 1 unspecified atom stereocenters. The molecule has 0 saturated heterocycles. The van der Waals surface area contributed by atoms with Crippen LogP contribution in [0.3, 0.4) is 0 Å². The number of hydrogen-bond acceptors (Lipinski definition) is 6. The predicted molar refractivity (Wildman–Crippen MR) is 348 cm³/mol. The molecule has 1 atom stereocenters. The number of esters is 3. The molecular weight excluding hydrogens is 985 g/mol. The van der Waals surface area contributed by atoms with Crippen molar-refractivity contribution in [1.82, 2.24) is 0 Å². The first-order chi connectivity index (χ1) is 39.5. The Morgan fingerprint density at radius 1 is 0.263 bits per heavy atom. The summed E-state index contributed by atoms with van der Waals surface area (Å²) in [5.41, 5.74) is 0. The second kappa shape index (κ2) is 67.6. The molecule has 80 heavy (non-hydrogen) atoms. The van der Waals surface area contributed by atoms with Crippen LogP contribution in [0.25, 0.3) is 0 Å². The molecule has 0 N–H and O–H groups in total. The van der Waals surface area contributed by atoms with E-state index in [9.17, 15) is 14.4 Å². The maximum absolute atomic E-state index is 12.9. The van der Waals surface area contributed by atoms with Gasteiger partial charge in [-0.2, -0.15) is 0 Å². The highest BCUT2D eigenvalue weighted by molar-refractivity contribution is 5.71. The van der Waals surface area contributed by atoms with Crippen LogP contribution in [0.1, 0.15) is 323 Å². The lowest BCUT2D eigenvalue weighted by atomic mass is 10.0. The Kier molecular flexibility index (Phi) is 64.3. The Bertz CT molecular complexity index is 1610. The fourth-order valence-electron chi connectivity index (χ4n) is 9.45. The topological polar surface area (TPSA) is 78.9 Å². The Labute approximate surface area is 495 Å². The van der Waals surface area contributed by atoms with Gasteiger partial charge < -0.3 is 14.2 Å². The summed E-state index contributed by atoms with van der Waals surface area (Å²) in [5, 5.41) is 0. The molecule has 0 aliphatic carbocycles. The second-order valence-corrected chi connectivity index (χ2v) is 22.4. The van der Waals surface area contributed by atoms with E-state index in [1.165, 1.54) is 161 Å². The van der Waals surface area contributed by atoms with E-state index in [0.29, 0.717) is 19.3 Å². The molecule has 0 aromatic heterocycles. The van der Waals surface area contributed by atoms with Crippen LogP contribution >= 0.6 is 0 Å². The number of hydrogen-bond donors (Lipinski definition) is 0. The summed E-state index contributed by atoms with van der Waals surface area (Å²) in [6, 6.07) is 0. The fourth-order valence-corrected chi connectivity index (χ4v) is 9.45. The summed E-state index contributed by atoms with van der Waals surface area (Å²) in [4.78, 5) is 38.4. The molecule has 0 rings (SSSR count). The molecule has 458 valence electrons. The maximum atomic E-state index is 12.9. The van der Waals surface area contributed by atoms with Crippen LogP contribution in [-0.4, -0.2) is 37.2 Å². The standard InChI is InChI=1S/C74H126O6/c1-4-7-10-13-16-19-22-25-28-30-32-33-34-35-36-37-38-39-40-41-42-44-46-49-52-55-58-61-64-67-73(76)79-70-71(69-78-72(75)66-63-60-57-54-51-48-45-27-24-21-18-15-12-9-6-3)80-74(77)68-65-62-59-56-53-50-47-43-31-29-26-23-20-17-14-11-8-5-2/h7,10,16,19-20,23,25,28-29,31-33,35-36,38-39,41-42,71H,4-6,8-9,11-15,17-18,21-22,24,26-27,30,34,37,40,43-70H2,1-3H3/b10-7-,19-16-,23-20-,28-25-,31-29-,33-32-,36-35-,39-38-,42-41-. The number of ether oxygens (including phenoxy) is 3. The van der Waals surface area contributed by atoms with Crippen LogP contribution in [0.15, 0.2) is 109 Å². The largest absolute Gasteiger partial charge is 0.462 e. The van der Waals surface area contributed by atoms with Crippen molar-refractivity contribution >= 4 is 17.9 Å². The molecule has 0 aliphatic heterocycles. The summed E-state index contributed by atoms with van der Waals surface area (Å²) < 4.78 is 17.0. The van der Waals surface area contributed by atoms with Gasteiger partial charge in [-0.1, -0.05) is 304 Å². The average Bonchev–Trinajstić information content (AvgIpc) is 3.46. The van der Waals surface area contributed by atoms with E-state index in [1.54, 1.807) is 0 Å². The Hall–Kier alpha value is -3.93. The van der Waals surface area contributed by atoms with Crippen molar-refractivity contribution in [1.29, 1.82) is 0 Å². The highest BCUT2D eigenvalue weighted by Crippen LogP contribution is 2.16. The molecule has 0 heterocycles. The van der Waals surface area contributed by atoms with Gasteiger partial charge in [0.25, 0.3) is 0 Å². The van der Waals surface area contributed by atoms with Crippen molar-refractivity contribution in [3.8, 4) is 0 Å². The third-order valence-electron chi connectivity index (χ3n) is 14.5. The summed E-state index contributed by atoms with van der Waals surface area (Å²) in [6.45, 7) is 6.53. The zero-order valence-corrected chi connectivity index (χ0v) is 52.6. The molecule has 0 aromatic rings. The SMILES string of the molecule is CC/C=C\C/C=C\C/C=C\C/C=C\C/C=C\C/C=C\C/C=C\CCCCCCCCCC(=O)OCC(COC(=O)CCCCCCCCCCCCCCCCC)OC(=O)CCCCCCCCC/C=C\C/C=C\CCCCCC. The smallest absolute Gasteiger partial charge is 0.306 e. The number of carbonyl (C=O) groups is 3. The molecule has 6 heteroatoms. The van der Waals surface area contributed by atoms with Gasteiger partial charge in [0.2, 0.25) is 0 Å². The quantitative estimate of drug-likeness (QED) is 0.0261. The van der Waals surface area contributed by atoms with Crippen LogP contribution < -0.4 is 0 Å². The van der Waals surface area contributed by atoms with Crippen LogP contribution in [-0.2, 0) is 28.6 Å². The van der Waals surface area contributed by atoms with Crippen LogP contribution in [0.2, 0.25) is 0 Å². The van der Waals surface area contributed by atoms with E-state index in [4.69, 9.17) is 14.2 Å². The zero-order chi connectivity index (χ0) is 57.8. The molecule has 6 nitrogen and oxygen atoms in total. The lowest BCUT2D eigenvalue weighted by molar-refractivity contribution is -0.167. The lowest BCUT2D eigenvalue weighted by Gasteiger charge is -2.18. The van der Waals surface area contributed by atoms with E-state index < -0.39 is 6.10 Å². The summed E-state index contributed by atoms with van der Waals surface area (Å²) >= 11 is 0. The number of rotatable bonds is 61. The predicted octanol–water partition coefficient (Wildman–Crippen LogP) is 23.4. The molecule has 0 spiro atoms. The van der Waals surface area contributed by atoms with E-state index in [1.807, 2.05) is 0 Å². The van der Waals surface area contributed by atoms with E-state index in [0.717, 1.165) is 122 Å². The lowest BCUT2D eigenvalue weighted by Crippen LogP contribution is -2.30. The summed E-state index contributed by atoms with van der Waals surface area (Å²) in [5.74, 6) is -0.890. The molecule has 0 saturated carbocycles. The van der Waals surface area contributed by atoms with E-state index >= 15 is 0 Å². The van der Waals surface area contributed by atoms with Crippen LogP contribution in [0.5, 0.6) is 0 Å². The molecule has 0 fully saturated rings. The Morgan fingerprint density at radius 3 is 0.775 bits per heavy atom. The normalized spacial score (nSPS) is 12.8. The van der Waals surface area contributed by atoms with Gasteiger partial charge >= 0.3 is 17.9 Å². The first-order valence-electron chi connectivity index (χ1n) is 33.9. The van der Waals surface area contributed by atoms with Crippen LogP contribution in [0.4, 0.5) is 0 Å². The van der Waals surface area contributed by atoms with Gasteiger partial charge in [-0.25, -0.2) is 0 Å². The minimum Gasteiger partial charge on any atom is -0.462 e. The first kappa shape index (κ1) is 76.1. The van der Waals surface area contributed by atoms with Gasteiger partial charge in [-0.3, -0.25) is 14.4 Å². The van der Waals surface area contributed by atoms with E-state index in [-0.39, 0.29) is 31.1 Å². The molecule has 0 aliphatic rings. The van der Waals surface area contributed by atoms with Gasteiger partial charge in [-0.15, -0.1) is 0 Å². The third kappa shape index (κ3) is 64.9. The average molecular weight is 1110 g/mol. The number of unbranched alkanes of at least 4 members (excludes halogenated alkanes) is 32. The minimum absolute atomic E-state index is 0.0825. The Balaban J connectivity index is 4.36. The first-order valence-corrected chi connectivity index (χ1v) is 33.9. The number of carbonyl (C=O) groups excluding carboxylic acids is 3. The van der Waals surface area contributed by atoms with Crippen molar-refractivity contribution in [3.63, 3.8) is 0 Å². The van der Waals surface area contributed by atoms with Gasteiger partial charge in [0.15, 0.2) is 6.10 Å². The van der Waals surface area contributed by atoms with Gasteiger partial charge in [0.1, 0.15) is 13.2 Å². The maximum Gasteiger partial charge on any atom is 0.306 e. The molecule has 0 amide bonds. The van der Waals surface area contributed by atoms with Crippen molar-refractivity contribution in [2.24, 2.45) is 0 Å². The third-order valence-corrected chi connectivity index (χ3v) is 14.5. The molecule has 0 aromatic carbocycles. The van der Waals surface area contributed by atoms with Crippen LogP contribution in [0, 0.1) is 0 Å². The Morgan fingerprint density at radius 2 is 0.487 bits per heavy atom. The monoisotopic (exact) mass is 1110 g/mol. The van der Waals surface area contributed by atoms with Gasteiger partial charge in [0.05, 0.1) is 0 Å². The molecule has 0 radical (unpaired) electrons. The second-order valence-electron chi connectivity index (χ2n) is 22.4. The van der Waals surface area contributed by atoms with Gasteiger partial charge in [-0.05, 0) is 109 Å². The van der Waals surface area contributed by atoms with Crippen molar-refractivity contribution in [3.05, 3.63) is 109 Å².